The number of pyridine rings is 1. The van der Waals surface area contributed by atoms with Crippen LogP contribution in [0.5, 0.6) is 0 Å². The second-order valence-corrected chi connectivity index (χ2v) is 6.64. The van der Waals surface area contributed by atoms with Gasteiger partial charge in [0, 0.05) is 25.2 Å². The summed E-state index contributed by atoms with van der Waals surface area (Å²) in [7, 11) is 0. The number of rotatable bonds is 4. The van der Waals surface area contributed by atoms with Crippen molar-refractivity contribution in [2.45, 2.75) is 39.0 Å². The highest BCUT2D eigenvalue weighted by Gasteiger charge is 2.30. The quantitative estimate of drug-likeness (QED) is 0.699. The van der Waals surface area contributed by atoms with Gasteiger partial charge in [0.05, 0.1) is 5.69 Å². The molecule has 0 spiro atoms. The number of likely N-dealkylation sites (tertiary alicyclic amines) is 1. The van der Waals surface area contributed by atoms with Crippen molar-refractivity contribution in [3.63, 3.8) is 0 Å². The van der Waals surface area contributed by atoms with Gasteiger partial charge in [0.1, 0.15) is 17.0 Å². The van der Waals surface area contributed by atoms with Crippen molar-refractivity contribution in [2.24, 2.45) is 0 Å². The van der Waals surface area contributed by atoms with Gasteiger partial charge in [-0.1, -0.05) is 18.1 Å². The molecule has 1 amide bonds. The predicted molar refractivity (Wildman–Crippen MR) is 96.0 cm³/mol. The highest BCUT2D eigenvalue weighted by molar-refractivity contribution is 5.96. The van der Waals surface area contributed by atoms with Crippen LogP contribution in [0.1, 0.15) is 53.4 Å². The normalized spacial score (nSPS) is 15.3. The SMILES string of the molecule is CCc1noc(C)c1C(=O)N1CCC(c2nnc(-c3ccccn3)o2)CC1. The lowest BCUT2D eigenvalue weighted by atomic mass is 9.96. The maximum absolute atomic E-state index is 12.9. The molecule has 0 unspecified atom stereocenters. The molecule has 27 heavy (non-hydrogen) atoms. The summed E-state index contributed by atoms with van der Waals surface area (Å²) in [6.45, 7) is 5.02. The zero-order chi connectivity index (χ0) is 18.8. The Bertz CT molecular complexity index is 926. The second kappa shape index (κ2) is 7.30. The number of amides is 1. The van der Waals surface area contributed by atoms with E-state index in [9.17, 15) is 4.79 Å². The van der Waals surface area contributed by atoms with E-state index in [1.807, 2.05) is 30.0 Å². The molecule has 0 saturated carbocycles. The number of hydrogen-bond donors (Lipinski definition) is 0. The third kappa shape index (κ3) is 3.34. The first-order valence-corrected chi connectivity index (χ1v) is 9.16. The molecule has 1 saturated heterocycles. The van der Waals surface area contributed by atoms with E-state index in [1.165, 1.54) is 0 Å². The average molecular weight is 367 g/mol. The van der Waals surface area contributed by atoms with Crippen LogP contribution >= 0.6 is 0 Å². The number of hydrogen-bond acceptors (Lipinski definition) is 7. The van der Waals surface area contributed by atoms with E-state index < -0.39 is 0 Å². The number of aromatic nitrogens is 4. The Hall–Kier alpha value is -3.03. The molecule has 8 heteroatoms. The third-order valence-corrected chi connectivity index (χ3v) is 4.94. The Morgan fingerprint density at radius 2 is 2.07 bits per heavy atom. The van der Waals surface area contributed by atoms with E-state index >= 15 is 0 Å². The fourth-order valence-electron chi connectivity index (χ4n) is 3.41. The lowest BCUT2D eigenvalue weighted by Gasteiger charge is -2.30. The van der Waals surface area contributed by atoms with Crippen LogP contribution in [0.25, 0.3) is 11.6 Å². The molecule has 1 aliphatic rings. The van der Waals surface area contributed by atoms with E-state index in [0.717, 1.165) is 18.5 Å². The molecular formula is C19H21N5O3. The first-order valence-electron chi connectivity index (χ1n) is 9.16. The standard InChI is InChI=1S/C19H21N5O3/c1-3-14-16(12(2)27-23-14)19(25)24-10-7-13(8-11-24)17-21-22-18(26-17)15-6-4-5-9-20-15/h4-6,9,13H,3,7-8,10-11H2,1-2H3. The number of piperidine rings is 1. The van der Waals surface area contributed by atoms with Gasteiger partial charge in [-0.05, 0) is 38.3 Å². The van der Waals surface area contributed by atoms with Crippen LogP contribution in [0.3, 0.4) is 0 Å². The Balaban J connectivity index is 1.43. The minimum atomic E-state index is -0.0104. The van der Waals surface area contributed by atoms with Gasteiger partial charge in [0.15, 0.2) is 0 Å². The fraction of sp³-hybridized carbons (Fsp3) is 0.421. The van der Waals surface area contributed by atoms with Gasteiger partial charge in [-0.15, -0.1) is 10.2 Å². The fourth-order valence-corrected chi connectivity index (χ4v) is 3.41. The second-order valence-electron chi connectivity index (χ2n) is 6.64. The van der Waals surface area contributed by atoms with Crippen LogP contribution < -0.4 is 0 Å². The first kappa shape index (κ1) is 17.4. The molecule has 0 aliphatic carbocycles. The van der Waals surface area contributed by atoms with Crippen molar-refractivity contribution in [3.05, 3.63) is 47.3 Å². The highest BCUT2D eigenvalue weighted by Crippen LogP contribution is 2.30. The van der Waals surface area contributed by atoms with Crippen LogP contribution in [0, 0.1) is 6.92 Å². The molecule has 0 atom stereocenters. The largest absolute Gasteiger partial charge is 0.419 e. The summed E-state index contributed by atoms with van der Waals surface area (Å²) in [5.41, 5.74) is 1.99. The summed E-state index contributed by atoms with van der Waals surface area (Å²) in [5.74, 6) is 1.75. The minimum absolute atomic E-state index is 0.0104. The molecule has 140 valence electrons. The van der Waals surface area contributed by atoms with Gasteiger partial charge in [0.2, 0.25) is 5.89 Å². The van der Waals surface area contributed by atoms with Gasteiger partial charge in [0.25, 0.3) is 11.8 Å². The van der Waals surface area contributed by atoms with Gasteiger partial charge >= 0.3 is 0 Å². The molecule has 8 nitrogen and oxygen atoms in total. The summed E-state index contributed by atoms with van der Waals surface area (Å²) in [5, 5.41) is 12.3. The van der Waals surface area contributed by atoms with Crippen molar-refractivity contribution < 1.29 is 13.7 Å². The molecule has 4 rings (SSSR count). The summed E-state index contributed by atoms with van der Waals surface area (Å²) < 4.78 is 11.0. The maximum Gasteiger partial charge on any atom is 0.266 e. The predicted octanol–water partition coefficient (Wildman–Crippen LogP) is 3.01. The van der Waals surface area contributed by atoms with Gasteiger partial charge in [-0.3, -0.25) is 9.78 Å². The lowest BCUT2D eigenvalue weighted by molar-refractivity contribution is 0.0703. The lowest BCUT2D eigenvalue weighted by Crippen LogP contribution is -2.38. The van der Waals surface area contributed by atoms with E-state index in [2.05, 4.69) is 20.3 Å². The number of carbonyl (C=O) groups is 1. The summed E-state index contributed by atoms with van der Waals surface area (Å²) in [6.07, 6.45) is 3.93. The van der Waals surface area contributed by atoms with Gasteiger partial charge in [-0.25, -0.2) is 0 Å². The maximum atomic E-state index is 12.9. The van der Waals surface area contributed by atoms with Crippen molar-refractivity contribution in [2.75, 3.05) is 13.1 Å². The highest BCUT2D eigenvalue weighted by atomic mass is 16.5. The minimum Gasteiger partial charge on any atom is -0.419 e. The topological polar surface area (TPSA) is 98.2 Å². The monoisotopic (exact) mass is 367 g/mol. The molecular weight excluding hydrogens is 346 g/mol. The Kier molecular flexibility index (Phi) is 4.70. The summed E-state index contributed by atoms with van der Waals surface area (Å²) in [4.78, 5) is 18.9. The van der Waals surface area contributed by atoms with Crippen molar-refractivity contribution in [3.8, 4) is 11.6 Å². The number of nitrogens with zero attached hydrogens (tertiary/aromatic N) is 5. The van der Waals surface area contributed by atoms with Crippen LogP contribution in [0.2, 0.25) is 0 Å². The molecule has 1 fully saturated rings. The smallest absolute Gasteiger partial charge is 0.266 e. The average Bonchev–Trinajstić information content (AvgIpc) is 3.35. The van der Waals surface area contributed by atoms with Crippen molar-refractivity contribution in [1.82, 2.24) is 25.2 Å². The Labute approximate surface area is 156 Å². The summed E-state index contributed by atoms with van der Waals surface area (Å²) >= 11 is 0. The molecule has 0 N–H and O–H groups in total. The van der Waals surface area contributed by atoms with Crippen molar-refractivity contribution in [1.29, 1.82) is 0 Å². The number of carbonyl (C=O) groups excluding carboxylic acids is 1. The Morgan fingerprint density at radius 3 is 2.78 bits per heavy atom. The van der Waals surface area contributed by atoms with Crippen LogP contribution in [-0.4, -0.2) is 44.2 Å². The van der Waals surface area contributed by atoms with Gasteiger partial charge < -0.3 is 13.8 Å². The molecule has 3 aromatic heterocycles. The van der Waals surface area contributed by atoms with E-state index in [0.29, 0.717) is 48.3 Å². The molecule has 1 aliphatic heterocycles. The third-order valence-electron chi connectivity index (χ3n) is 4.94. The summed E-state index contributed by atoms with van der Waals surface area (Å²) in [6, 6.07) is 5.56. The van der Waals surface area contributed by atoms with Crippen LogP contribution in [0.4, 0.5) is 0 Å². The molecule has 0 aromatic carbocycles. The first-order chi connectivity index (χ1) is 13.2. The van der Waals surface area contributed by atoms with Crippen LogP contribution in [0.15, 0.2) is 33.3 Å². The van der Waals surface area contributed by atoms with E-state index in [-0.39, 0.29) is 11.8 Å². The Morgan fingerprint density at radius 1 is 1.26 bits per heavy atom. The molecule has 4 heterocycles. The van der Waals surface area contributed by atoms with Gasteiger partial charge in [-0.2, -0.15) is 0 Å². The van der Waals surface area contributed by atoms with Crippen LogP contribution in [-0.2, 0) is 6.42 Å². The zero-order valence-corrected chi connectivity index (χ0v) is 15.4. The van der Waals surface area contributed by atoms with E-state index in [4.69, 9.17) is 8.94 Å². The van der Waals surface area contributed by atoms with Crippen molar-refractivity contribution >= 4 is 5.91 Å². The molecule has 3 aromatic rings. The molecule has 0 radical (unpaired) electrons. The van der Waals surface area contributed by atoms with E-state index in [1.54, 1.807) is 13.1 Å². The zero-order valence-electron chi connectivity index (χ0n) is 15.4. The molecule has 0 bridgehead atoms. The number of aryl methyl sites for hydroxylation is 2.